The smallest absolute Gasteiger partial charge is 0.387 e. The summed E-state index contributed by atoms with van der Waals surface area (Å²) in [4.78, 5) is 29.4. The van der Waals surface area contributed by atoms with Crippen LogP contribution in [0, 0.1) is 6.92 Å². The zero-order chi connectivity index (χ0) is 18.8. The lowest BCUT2D eigenvalue weighted by Crippen LogP contribution is -2.25. The lowest BCUT2D eigenvalue weighted by atomic mass is 10.1. The number of aromatic nitrogens is 3. The molecule has 0 unspecified atom stereocenters. The quantitative estimate of drug-likeness (QED) is 0.554. The van der Waals surface area contributed by atoms with Crippen LogP contribution in [-0.2, 0) is 11.3 Å². The first-order valence-corrected chi connectivity index (χ1v) is 9.79. The van der Waals surface area contributed by atoms with Crippen molar-refractivity contribution in [1.29, 1.82) is 0 Å². The van der Waals surface area contributed by atoms with Gasteiger partial charge < -0.3 is 9.73 Å². The second-order valence-electron chi connectivity index (χ2n) is 5.69. The standard InChI is InChI=1S/C18H14N4O3S2/c1-11-19-14(10-27-11)12-4-2-5-13(8-12)20-16(23)9-22-18(24)25-17(21-22)15-6-3-7-26-15/h2-8,10H,9H2,1H3,(H,20,23). The largest absolute Gasteiger partial charge is 0.437 e. The number of anilines is 1. The number of hydrogen-bond acceptors (Lipinski definition) is 7. The van der Waals surface area contributed by atoms with Gasteiger partial charge in [0.05, 0.1) is 15.6 Å². The molecule has 0 fully saturated rings. The number of nitrogens with zero attached hydrogens (tertiary/aromatic N) is 3. The van der Waals surface area contributed by atoms with E-state index in [1.807, 2.05) is 41.9 Å². The number of amides is 1. The Kier molecular flexibility index (Phi) is 4.69. The maximum absolute atomic E-state index is 12.3. The molecule has 4 aromatic rings. The van der Waals surface area contributed by atoms with Crippen LogP contribution in [0.3, 0.4) is 0 Å². The minimum absolute atomic E-state index is 0.212. The third-order valence-corrected chi connectivity index (χ3v) is 5.32. The summed E-state index contributed by atoms with van der Waals surface area (Å²) in [7, 11) is 0. The van der Waals surface area contributed by atoms with Gasteiger partial charge in [-0.25, -0.2) is 9.78 Å². The molecule has 9 heteroatoms. The van der Waals surface area contributed by atoms with Crippen molar-refractivity contribution < 1.29 is 9.21 Å². The Bertz CT molecular complexity index is 1140. The molecule has 0 saturated carbocycles. The van der Waals surface area contributed by atoms with Crippen molar-refractivity contribution in [2.45, 2.75) is 13.5 Å². The fraction of sp³-hybridized carbons (Fsp3) is 0.111. The van der Waals surface area contributed by atoms with Crippen molar-refractivity contribution in [2.75, 3.05) is 5.32 Å². The summed E-state index contributed by atoms with van der Waals surface area (Å²) in [6.07, 6.45) is 0. The molecule has 0 aliphatic rings. The average molecular weight is 398 g/mol. The van der Waals surface area contributed by atoms with E-state index in [1.54, 1.807) is 23.5 Å². The van der Waals surface area contributed by atoms with Gasteiger partial charge in [-0.2, -0.15) is 4.68 Å². The number of rotatable bonds is 5. The highest BCUT2D eigenvalue weighted by atomic mass is 32.1. The molecule has 0 saturated heterocycles. The number of thiophene rings is 1. The highest BCUT2D eigenvalue weighted by molar-refractivity contribution is 7.13. The molecule has 0 bridgehead atoms. The van der Waals surface area contributed by atoms with Crippen LogP contribution < -0.4 is 11.1 Å². The molecule has 3 aromatic heterocycles. The van der Waals surface area contributed by atoms with E-state index in [-0.39, 0.29) is 18.3 Å². The molecule has 0 atom stereocenters. The Morgan fingerprint density at radius 2 is 2.15 bits per heavy atom. The average Bonchev–Trinajstić information content (AvgIpc) is 3.37. The summed E-state index contributed by atoms with van der Waals surface area (Å²) in [6, 6.07) is 11.0. The number of nitrogens with one attached hydrogen (secondary N) is 1. The monoisotopic (exact) mass is 398 g/mol. The minimum atomic E-state index is -0.666. The topological polar surface area (TPSA) is 90.0 Å². The number of carbonyl (C=O) groups excluding carboxylic acids is 1. The molecular formula is C18H14N4O3S2. The summed E-state index contributed by atoms with van der Waals surface area (Å²) in [5.41, 5.74) is 2.40. The number of hydrogen-bond donors (Lipinski definition) is 1. The first kappa shape index (κ1) is 17.4. The molecule has 1 N–H and O–H groups in total. The van der Waals surface area contributed by atoms with Gasteiger partial charge in [-0.05, 0) is 30.5 Å². The first-order valence-electron chi connectivity index (χ1n) is 8.03. The lowest BCUT2D eigenvalue weighted by Gasteiger charge is -2.06. The van der Waals surface area contributed by atoms with Crippen LogP contribution in [0.5, 0.6) is 0 Å². The number of aryl methyl sites for hydroxylation is 1. The van der Waals surface area contributed by atoms with Gasteiger partial charge >= 0.3 is 5.76 Å². The van der Waals surface area contributed by atoms with Gasteiger partial charge in [0.15, 0.2) is 0 Å². The van der Waals surface area contributed by atoms with Crippen molar-refractivity contribution in [3.8, 4) is 22.0 Å². The Balaban J connectivity index is 1.48. The van der Waals surface area contributed by atoms with Gasteiger partial charge in [-0.15, -0.1) is 27.8 Å². The Morgan fingerprint density at radius 1 is 1.26 bits per heavy atom. The molecule has 3 heterocycles. The van der Waals surface area contributed by atoms with Crippen LogP contribution in [0.2, 0.25) is 0 Å². The van der Waals surface area contributed by atoms with Gasteiger partial charge in [0.1, 0.15) is 6.54 Å². The Morgan fingerprint density at radius 3 is 2.89 bits per heavy atom. The highest BCUT2D eigenvalue weighted by Crippen LogP contribution is 2.24. The fourth-order valence-corrected chi connectivity index (χ4v) is 3.76. The van der Waals surface area contributed by atoms with Crippen molar-refractivity contribution in [1.82, 2.24) is 14.8 Å². The van der Waals surface area contributed by atoms with E-state index in [4.69, 9.17) is 4.42 Å². The van der Waals surface area contributed by atoms with Crippen LogP contribution >= 0.6 is 22.7 Å². The van der Waals surface area contributed by atoms with Crippen LogP contribution in [0.1, 0.15) is 5.01 Å². The second-order valence-corrected chi connectivity index (χ2v) is 7.70. The lowest BCUT2D eigenvalue weighted by molar-refractivity contribution is -0.117. The van der Waals surface area contributed by atoms with Crippen molar-refractivity contribution in [3.05, 3.63) is 62.7 Å². The predicted molar refractivity (Wildman–Crippen MR) is 105 cm³/mol. The van der Waals surface area contributed by atoms with Crippen LogP contribution in [0.15, 0.2) is 56.4 Å². The van der Waals surface area contributed by atoms with E-state index < -0.39 is 5.76 Å². The second kappa shape index (κ2) is 7.29. The van der Waals surface area contributed by atoms with Gasteiger partial charge in [-0.3, -0.25) is 4.79 Å². The molecule has 0 radical (unpaired) electrons. The van der Waals surface area contributed by atoms with Crippen molar-refractivity contribution in [2.24, 2.45) is 0 Å². The van der Waals surface area contributed by atoms with E-state index in [9.17, 15) is 9.59 Å². The highest BCUT2D eigenvalue weighted by Gasteiger charge is 2.14. The SMILES string of the molecule is Cc1nc(-c2cccc(NC(=O)Cn3nc(-c4cccs4)oc3=O)c2)cs1. The zero-order valence-electron chi connectivity index (χ0n) is 14.2. The van der Waals surface area contributed by atoms with Gasteiger partial charge in [-0.1, -0.05) is 18.2 Å². The van der Waals surface area contributed by atoms with Gasteiger partial charge in [0.2, 0.25) is 5.91 Å². The maximum atomic E-state index is 12.3. The summed E-state index contributed by atoms with van der Waals surface area (Å²) in [6.45, 7) is 1.72. The Hall–Kier alpha value is -3.04. The number of carbonyl (C=O) groups is 1. The van der Waals surface area contributed by atoms with Crippen molar-refractivity contribution >= 4 is 34.3 Å². The zero-order valence-corrected chi connectivity index (χ0v) is 15.8. The molecule has 136 valence electrons. The third-order valence-electron chi connectivity index (χ3n) is 3.69. The third kappa shape index (κ3) is 3.88. The van der Waals surface area contributed by atoms with E-state index in [1.165, 1.54) is 11.3 Å². The maximum Gasteiger partial charge on any atom is 0.437 e. The molecule has 0 aliphatic heterocycles. The predicted octanol–water partition coefficient (Wildman–Crippen LogP) is 3.64. The summed E-state index contributed by atoms with van der Waals surface area (Å²) < 4.78 is 6.12. The molecule has 7 nitrogen and oxygen atoms in total. The number of benzene rings is 1. The van der Waals surface area contributed by atoms with Crippen LogP contribution in [0.25, 0.3) is 22.0 Å². The summed E-state index contributed by atoms with van der Waals surface area (Å²) >= 11 is 2.98. The van der Waals surface area contributed by atoms with Crippen LogP contribution in [-0.4, -0.2) is 20.7 Å². The van der Waals surface area contributed by atoms with E-state index >= 15 is 0 Å². The summed E-state index contributed by atoms with van der Waals surface area (Å²) in [5, 5.41) is 11.7. The molecule has 27 heavy (non-hydrogen) atoms. The van der Waals surface area contributed by atoms with E-state index in [2.05, 4.69) is 15.4 Å². The van der Waals surface area contributed by atoms with Gasteiger partial charge in [0.25, 0.3) is 5.89 Å². The first-order chi connectivity index (χ1) is 13.1. The fourth-order valence-electron chi connectivity index (χ4n) is 2.49. The van der Waals surface area contributed by atoms with Crippen molar-refractivity contribution in [3.63, 3.8) is 0 Å². The number of thiazole rings is 1. The molecule has 1 aromatic carbocycles. The van der Waals surface area contributed by atoms with Crippen LogP contribution in [0.4, 0.5) is 5.69 Å². The molecular weight excluding hydrogens is 384 g/mol. The minimum Gasteiger partial charge on any atom is -0.387 e. The normalized spacial score (nSPS) is 10.9. The molecule has 0 aliphatic carbocycles. The summed E-state index contributed by atoms with van der Waals surface area (Å²) in [5.74, 6) is -0.821. The molecule has 4 rings (SSSR count). The van der Waals surface area contributed by atoms with E-state index in [0.29, 0.717) is 5.69 Å². The molecule has 0 spiro atoms. The van der Waals surface area contributed by atoms with Gasteiger partial charge in [0, 0.05) is 16.6 Å². The molecule has 1 amide bonds. The van der Waals surface area contributed by atoms with E-state index in [0.717, 1.165) is 25.8 Å². The Labute approximate surface area is 161 Å².